The Hall–Kier alpha value is -2.77. The number of thiocarbonyl (C=S) groups is 1. The van der Waals surface area contributed by atoms with E-state index in [2.05, 4.69) is 53.7 Å². The highest BCUT2D eigenvalue weighted by Gasteiger charge is 2.23. The number of aromatic nitrogens is 3. The van der Waals surface area contributed by atoms with Gasteiger partial charge in [-0.15, -0.1) is 0 Å². The standard InChI is InChI=1S/C23H25N5S2/c1-3-16(4-2)21(27-14-13-25-15-27)17-9-11-18(12-10-17)28(22(24)29)23-26-19-7-5-6-8-20(19)30-23/h5-16,21H,3-4H2,1-2H3,(H2,24,29). The molecule has 0 saturated carbocycles. The Labute approximate surface area is 186 Å². The monoisotopic (exact) mass is 435 g/mol. The van der Waals surface area contributed by atoms with Gasteiger partial charge in [-0.2, -0.15) is 0 Å². The molecule has 2 N–H and O–H groups in total. The largest absolute Gasteiger partial charge is 0.376 e. The van der Waals surface area contributed by atoms with E-state index in [0.29, 0.717) is 5.92 Å². The first-order valence-electron chi connectivity index (χ1n) is 10.1. The summed E-state index contributed by atoms with van der Waals surface area (Å²) in [5, 5.41) is 1.07. The number of imidazole rings is 1. The van der Waals surface area contributed by atoms with Crippen LogP contribution >= 0.6 is 23.6 Å². The molecule has 7 heteroatoms. The normalized spacial score (nSPS) is 12.4. The Morgan fingerprint density at radius 1 is 1.13 bits per heavy atom. The highest BCUT2D eigenvalue weighted by Crippen LogP contribution is 2.36. The molecular weight excluding hydrogens is 410 g/mol. The van der Waals surface area contributed by atoms with Crippen LogP contribution in [0.2, 0.25) is 0 Å². The summed E-state index contributed by atoms with van der Waals surface area (Å²) in [6, 6.07) is 16.8. The lowest BCUT2D eigenvalue weighted by Gasteiger charge is -2.28. The van der Waals surface area contributed by atoms with Crippen LogP contribution in [0.3, 0.4) is 0 Å². The molecule has 2 aromatic heterocycles. The highest BCUT2D eigenvalue weighted by molar-refractivity contribution is 7.80. The Bertz CT molecular complexity index is 1080. The molecule has 0 aliphatic carbocycles. The van der Waals surface area contributed by atoms with E-state index in [1.165, 1.54) is 5.56 Å². The molecule has 0 radical (unpaired) electrons. The lowest BCUT2D eigenvalue weighted by atomic mass is 9.88. The first-order chi connectivity index (χ1) is 14.6. The van der Waals surface area contributed by atoms with E-state index in [1.807, 2.05) is 41.8 Å². The van der Waals surface area contributed by atoms with Gasteiger partial charge in [0.1, 0.15) is 0 Å². The topological polar surface area (TPSA) is 60.0 Å². The van der Waals surface area contributed by atoms with Crippen LogP contribution < -0.4 is 10.6 Å². The predicted molar refractivity (Wildman–Crippen MR) is 129 cm³/mol. The van der Waals surface area contributed by atoms with Crippen LogP contribution in [-0.4, -0.2) is 19.6 Å². The molecule has 4 aromatic rings. The molecular formula is C23H25N5S2. The third-order valence-corrected chi connectivity index (χ3v) is 6.73. The summed E-state index contributed by atoms with van der Waals surface area (Å²) < 4.78 is 3.31. The van der Waals surface area contributed by atoms with Gasteiger partial charge in [0, 0.05) is 12.4 Å². The van der Waals surface area contributed by atoms with E-state index in [1.54, 1.807) is 11.3 Å². The maximum atomic E-state index is 6.10. The molecule has 30 heavy (non-hydrogen) atoms. The van der Waals surface area contributed by atoms with Crippen molar-refractivity contribution in [2.75, 3.05) is 4.90 Å². The van der Waals surface area contributed by atoms with E-state index in [0.717, 1.165) is 33.9 Å². The van der Waals surface area contributed by atoms with Gasteiger partial charge in [0.05, 0.1) is 28.3 Å². The van der Waals surface area contributed by atoms with Crippen LogP contribution in [0.5, 0.6) is 0 Å². The minimum absolute atomic E-state index is 0.247. The number of nitrogens with two attached hydrogens (primary N) is 1. The van der Waals surface area contributed by atoms with Gasteiger partial charge in [0.25, 0.3) is 0 Å². The first-order valence-corrected chi connectivity index (χ1v) is 11.4. The van der Waals surface area contributed by atoms with Crippen molar-refractivity contribution < 1.29 is 0 Å². The Balaban J connectivity index is 1.70. The predicted octanol–water partition coefficient (Wildman–Crippen LogP) is 5.90. The SMILES string of the molecule is CCC(CC)C(c1ccc(N(C(N)=S)c2nc3ccccc3s2)cc1)n1ccnc1. The molecule has 0 bridgehead atoms. The minimum atomic E-state index is 0.247. The number of rotatable bonds is 7. The molecule has 0 aliphatic rings. The lowest BCUT2D eigenvalue weighted by Crippen LogP contribution is -2.31. The summed E-state index contributed by atoms with van der Waals surface area (Å²) in [6.45, 7) is 4.49. The van der Waals surface area contributed by atoms with Crippen molar-refractivity contribution in [1.29, 1.82) is 0 Å². The molecule has 2 heterocycles. The summed E-state index contributed by atoms with van der Waals surface area (Å²) in [5.74, 6) is 0.529. The van der Waals surface area contributed by atoms with Crippen molar-refractivity contribution in [3.63, 3.8) is 0 Å². The van der Waals surface area contributed by atoms with Crippen LogP contribution in [0.15, 0.2) is 67.3 Å². The number of anilines is 2. The number of thiazole rings is 1. The molecule has 0 saturated heterocycles. The number of benzene rings is 2. The second kappa shape index (κ2) is 8.93. The molecule has 5 nitrogen and oxygen atoms in total. The summed E-state index contributed by atoms with van der Waals surface area (Å²) in [7, 11) is 0. The summed E-state index contributed by atoms with van der Waals surface area (Å²) in [6.07, 6.45) is 7.99. The third kappa shape index (κ3) is 3.95. The van der Waals surface area contributed by atoms with E-state index < -0.39 is 0 Å². The fourth-order valence-electron chi connectivity index (χ4n) is 3.97. The summed E-state index contributed by atoms with van der Waals surface area (Å²) in [5.41, 5.74) is 9.21. The number of hydrogen-bond donors (Lipinski definition) is 1. The van der Waals surface area contributed by atoms with Gasteiger partial charge in [0.15, 0.2) is 10.2 Å². The van der Waals surface area contributed by atoms with Crippen molar-refractivity contribution >= 4 is 49.7 Å². The van der Waals surface area contributed by atoms with E-state index in [9.17, 15) is 0 Å². The van der Waals surface area contributed by atoms with Gasteiger partial charge < -0.3 is 10.3 Å². The molecule has 1 unspecified atom stereocenters. The number of hydrogen-bond acceptors (Lipinski definition) is 4. The van der Waals surface area contributed by atoms with Gasteiger partial charge in [-0.3, -0.25) is 4.90 Å². The molecule has 2 aromatic carbocycles. The van der Waals surface area contributed by atoms with Crippen LogP contribution in [0.4, 0.5) is 10.8 Å². The zero-order valence-electron chi connectivity index (χ0n) is 17.1. The first kappa shape index (κ1) is 20.5. The van der Waals surface area contributed by atoms with E-state index in [-0.39, 0.29) is 11.2 Å². The van der Waals surface area contributed by atoms with Crippen molar-refractivity contribution in [3.8, 4) is 0 Å². The van der Waals surface area contributed by atoms with Crippen molar-refractivity contribution in [3.05, 3.63) is 72.8 Å². The van der Waals surface area contributed by atoms with E-state index in [4.69, 9.17) is 22.9 Å². The number of para-hydroxylation sites is 1. The van der Waals surface area contributed by atoms with Crippen molar-refractivity contribution in [2.45, 2.75) is 32.7 Å². The van der Waals surface area contributed by atoms with Gasteiger partial charge in [0.2, 0.25) is 0 Å². The van der Waals surface area contributed by atoms with Crippen LogP contribution in [0.1, 0.15) is 38.3 Å². The zero-order valence-corrected chi connectivity index (χ0v) is 18.7. The Kier molecular flexibility index (Phi) is 6.11. The third-order valence-electron chi connectivity index (χ3n) is 5.53. The van der Waals surface area contributed by atoms with Gasteiger partial charge in [-0.05, 0) is 48.0 Å². The van der Waals surface area contributed by atoms with Gasteiger partial charge in [-0.1, -0.05) is 62.3 Å². The fourth-order valence-corrected chi connectivity index (χ4v) is 5.22. The molecule has 1 atom stereocenters. The van der Waals surface area contributed by atoms with E-state index >= 15 is 0 Å². The quantitative estimate of drug-likeness (QED) is 0.366. The minimum Gasteiger partial charge on any atom is -0.376 e. The van der Waals surface area contributed by atoms with Gasteiger partial charge >= 0.3 is 0 Å². The van der Waals surface area contributed by atoms with Crippen molar-refractivity contribution in [2.24, 2.45) is 11.7 Å². The molecule has 0 amide bonds. The maximum absolute atomic E-state index is 6.10. The van der Waals surface area contributed by atoms with Crippen LogP contribution in [0, 0.1) is 5.92 Å². The lowest BCUT2D eigenvalue weighted by molar-refractivity contribution is 0.355. The Morgan fingerprint density at radius 3 is 2.47 bits per heavy atom. The molecule has 154 valence electrons. The molecule has 0 fully saturated rings. The second-order valence-electron chi connectivity index (χ2n) is 7.26. The number of nitrogens with zero attached hydrogens (tertiary/aromatic N) is 4. The van der Waals surface area contributed by atoms with Crippen LogP contribution in [-0.2, 0) is 0 Å². The van der Waals surface area contributed by atoms with Crippen molar-refractivity contribution in [1.82, 2.24) is 14.5 Å². The molecule has 0 spiro atoms. The highest BCUT2D eigenvalue weighted by atomic mass is 32.1. The second-order valence-corrected chi connectivity index (χ2v) is 8.69. The molecule has 0 aliphatic heterocycles. The summed E-state index contributed by atoms with van der Waals surface area (Å²) >= 11 is 6.96. The number of fused-ring (bicyclic) bond motifs is 1. The Morgan fingerprint density at radius 2 is 1.87 bits per heavy atom. The summed E-state index contributed by atoms with van der Waals surface area (Å²) in [4.78, 5) is 10.8. The average molecular weight is 436 g/mol. The van der Waals surface area contributed by atoms with Gasteiger partial charge in [-0.25, -0.2) is 9.97 Å². The van der Waals surface area contributed by atoms with Crippen LogP contribution in [0.25, 0.3) is 10.2 Å². The zero-order chi connectivity index (χ0) is 21.1. The molecule has 4 rings (SSSR count). The average Bonchev–Trinajstić information content (AvgIpc) is 3.42. The maximum Gasteiger partial charge on any atom is 0.197 e. The fraction of sp³-hybridized carbons (Fsp3) is 0.261. The smallest absolute Gasteiger partial charge is 0.197 e.